The molecule has 1 aromatic heterocycles. The molecule has 4 nitrogen and oxygen atoms in total. The molecule has 1 saturated heterocycles. The summed E-state index contributed by atoms with van der Waals surface area (Å²) in [7, 11) is 0. The van der Waals surface area contributed by atoms with E-state index in [9.17, 15) is 14.0 Å². The Labute approximate surface area is 144 Å². The van der Waals surface area contributed by atoms with Crippen molar-refractivity contribution in [3.8, 4) is 0 Å². The number of fused-ring (bicyclic) bond motifs is 1. The first-order valence-electron chi connectivity index (χ1n) is 8.07. The zero-order chi connectivity index (χ0) is 17.3. The Bertz CT molecular complexity index is 763. The first kappa shape index (κ1) is 16.9. The van der Waals surface area contributed by atoms with Crippen molar-refractivity contribution < 1.29 is 18.7 Å². The molecule has 1 amide bonds. The van der Waals surface area contributed by atoms with Crippen molar-refractivity contribution in [1.29, 1.82) is 0 Å². The molecule has 3 rings (SSSR count). The van der Waals surface area contributed by atoms with Gasteiger partial charge in [0.05, 0.1) is 0 Å². The fourth-order valence-electron chi connectivity index (χ4n) is 3.28. The maximum absolute atomic E-state index is 13.7. The lowest BCUT2D eigenvalue weighted by Gasteiger charge is -2.34. The maximum atomic E-state index is 13.7. The van der Waals surface area contributed by atoms with Crippen molar-refractivity contribution >= 4 is 33.3 Å². The summed E-state index contributed by atoms with van der Waals surface area (Å²) in [5.74, 6) is -0.204. The number of nitrogens with zero attached hydrogens (tertiary/aromatic N) is 1. The standard InChI is InChI=1S/C18H20FNO3S/c1-11-6-12(2)9-20(8-11)17(21)10-23-18(22)16-7-13-14(19)4-3-5-15(13)24-16/h3-5,7,11-12H,6,8-10H2,1-2H3/t11-,12+. The zero-order valence-corrected chi connectivity index (χ0v) is 14.6. The normalized spacial score (nSPS) is 21.0. The number of halogens is 1. The molecule has 24 heavy (non-hydrogen) atoms. The van der Waals surface area contributed by atoms with Crippen LogP contribution in [0.1, 0.15) is 29.9 Å². The molecular formula is C18H20FNO3S. The van der Waals surface area contributed by atoms with Crippen LogP contribution in [0.15, 0.2) is 24.3 Å². The minimum absolute atomic E-state index is 0.172. The molecule has 0 radical (unpaired) electrons. The molecule has 0 spiro atoms. The molecule has 0 N–H and O–H groups in total. The number of likely N-dealkylation sites (tertiary alicyclic amines) is 1. The van der Waals surface area contributed by atoms with E-state index in [1.54, 1.807) is 17.0 Å². The number of carbonyl (C=O) groups excluding carboxylic acids is 2. The second-order valence-corrected chi connectivity index (χ2v) is 7.67. The van der Waals surface area contributed by atoms with Crippen molar-refractivity contribution in [3.05, 3.63) is 35.0 Å². The van der Waals surface area contributed by atoms with E-state index in [-0.39, 0.29) is 18.3 Å². The highest BCUT2D eigenvalue weighted by Gasteiger charge is 2.26. The molecule has 2 aromatic rings. The van der Waals surface area contributed by atoms with Crippen molar-refractivity contribution in [3.63, 3.8) is 0 Å². The molecule has 1 fully saturated rings. The summed E-state index contributed by atoms with van der Waals surface area (Å²) in [5, 5.41) is 0.402. The molecule has 0 unspecified atom stereocenters. The molecule has 128 valence electrons. The fourth-order valence-corrected chi connectivity index (χ4v) is 4.25. The number of rotatable bonds is 3. The summed E-state index contributed by atoms with van der Waals surface area (Å²) in [6.07, 6.45) is 1.11. The van der Waals surface area contributed by atoms with Crippen LogP contribution in [-0.2, 0) is 9.53 Å². The van der Waals surface area contributed by atoms with Crippen molar-refractivity contribution in [2.75, 3.05) is 19.7 Å². The van der Waals surface area contributed by atoms with Crippen molar-refractivity contribution in [2.24, 2.45) is 11.8 Å². The van der Waals surface area contributed by atoms with Gasteiger partial charge in [-0.2, -0.15) is 0 Å². The fraction of sp³-hybridized carbons (Fsp3) is 0.444. The number of ether oxygens (including phenoxy) is 1. The third kappa shape index (κ3) is 3.59. The predicted octanol–water partition coefficient (Wildman–Crippen LogP) is 3.70. The topological polar surface area (TPSA) is 46.6 Å². The summed E-state index contributed by atoms with van der Waals surface area (Å²) in [5.41, 5.74) is 0. The van der Waals surface area contributed by atoms with Gasteiger partial charge in [0.1, 0.15) is 10.7 Å². The molecule has 1 aliphatic rings. The number of piperidine rings is 1. The van der Waals surface area contributed by atoms with Crippen LogP contribution in [0.4, 0.5) is 4.39 Å². The third-order valence-corrected chi connectivity index (χ3v) is 5.34. The van der Waals surface area contributed by atoms with Crippen LogP contribution in [-0.4, -0.2) is 36.5 Å². The third-order valence-electron chi connectivity index (χ3n) is 4.26. The van der Waals surface area contributed by atoms with E-state index in [2.05, 4.69) is 13.8 Å². The average Bonchev–Trinajstić information content (AvgIpc) is 2.97. The molecule has 0 bridgehead atoms. The lowest BCUT2D eigenvalue weighted by Crippen LogP contribution is -2.44. The molecule has 2 heterocycles. The van der Waals surface area contributed by atoms with Crippen LogP contribution in [0.3, 0.4) is 0 Å². The predicted molar refractivity (Wildman–Crippen MR) is 91.6 cm³/mol. The number of esters is 1. The number of benzene rings is 1. The van der Waals surface area contributed by atoms with Gasteiger partial charge in [-0.3, -0.25) is 4.79 Å². The minimum atomic E-state index is -0.581. The Balaban J connectivity index is 1.62. The summed E-state index contributed by atoms with van der Waals surface area (Å²) in [4.78, 5) is 26.4. The number of carbonyl (C=O) groups is 2. The highest BCUT2D eigenvalue weighted by Crippen LogP contribution is 2.28. The molecule has 2 atom stereocenters. The van der Waals surface area contributed by atoms with E-state index < -0.39 is 5.97 Å². The quantitative estimate of drug-likeness (QED) is 0.794. The molecule has 1 aromatic carbocycles. The monoisotopic (exact) mass is 349 g/mol. The van der Waals surface area contributed by atoms with Gasteiger partial charge in [0.25, 0.3) is 5.91 Å². The minimum Gasteiger partial charge on any atom is -0.451 e. The number of thiophene rings is 1. The lowest BCUT2D eigenvalue weighted by atomic mass is 9.92. The van der Waals surface area contributed by atoms with Crippen LogP contribution >= 0.6 is 11.3 Å². The smallest absolute Gasteiger partial charge is 0.348 e. The zero-order valence-electron chi connectivity index (χ0n) is 13.8. The van der Waals surface area contributed by atoms with E-state index in [1.165, 1.54) is 23.5 Å². The summed E-state index contributed by atoms with van der Waals surface area (Å²) in [6, 6.07) is 6.19. The summed E-state index contributed by atoms with van der Waals surface area (Å²) >= 11 is 1.17. The number of hydrogen-bond donors (Lipinski definition) is 0. The molecular weight excluding hydrogens is 329 g/mol. The lowest BCUT2D eigenvalue weighted by molar-refractivity contribution is -0.137. The van der Waals surface area contributed by atoms with Gasteiger partial charge < -0.3 is 9.64 Å². The Morgan fingerprint density at radius 1 is 1.29 bits per heavy atom. The van der Waals surface area contributed by atoms with Gasteiger partial charge in [-0.1, -0.05) is 19.9 Å². The van der Waals surface area contributed by atoms with Gasteiger partial charge in [0, 0.05) is 23.2 Å². The number of hydrogen-bond acceptors (Lipinski definition) is 4. The van der Waals surface area contributed by atoms with E-state index in [0.29, 0.717) is 39.9 Å². The summed E-state index contributed by atoms with van der Waals surface area (Å²) in [6.45, 7) is 5.38. The highest BCUT2D eigenvalue weighted by atomic mass is 32.1. The SMILES string of the molecule is C[C@@H]1C[C@H](C)CN(C(=O)COC(=O)c2cc3c(F)cccc3s2)C1. The van der Waals surface area contributed by atoms with Gasteiger partial charge in [0.15, 0.2) is 6.61 Å². The van der Waals surface area contributed by atoms with E-state index in [0.717, 1.165) is 6.42 Å². The van der Waals surface area contributed by atoms with E-state index in [1.807, 2.05) is 0 Å². The maximum Gasteiger partial charge on any atom is 0.348 e. The van der Waals surface area contributed by atoms with E-state index >= 15 is 0 Å². The largest absolute Gasteiger partial charge is 0.451 e. The van der Waals surface area contributed by atoms with Crippen LogP contribution < -0.4 is 0 Å². The van der Waals surface area contributed by atoms with Gasteiger partial charge in [-0.05, 0) is 36.5 Å². The Morgan fingerprint density at radius 3 is 2.67 bits per heavy atom. The Morgan fingerprint density at radius 2 is 2.00 bits per heavy atom. The van der Waals surface area contributed by atoms with Gasteiger partial charge in [-0.15, -0.1) is 11.3 Å². The molecule has 0 saturated carbocycles. The highest BCUT2D eigenvalue weighted by molar-refractivity contribution is 7.20. The Kier molecular flexibility index (Phi) is 4.85. The second kappa shape index (κ2) is 6.89. The van der Waals surface area contributed by atoms with Gasteiger partial charge in [-0.25, -0.2) is 9.18 Å². The molecule has 6 heteroatoms. The van der Waals surface area contributed by atoms with Crippen LogP contribution in [0.5, 0.6) is 0 Å². The van der Waals surface area contributed by atoms with Crippen LogP contribution in [0, 0.1) is 17.7 Å². The van der Waals surface area contributed by atoms with Crippen molar-refractivity contribution in [2.45, 2.75) is 20.3 Å². The first-order chi connectivity index (χ1) is 11.4. The molecule has 0 aliphatic carbocycles. The first-order valence-corrected chi connectivity index (χ1v) is 8.88. The van der Waals surface area contributed by atoms with Gasteiger partial charge >= 0.3 is 5.97 Å². The Hall–Kier alpha value is -1.95. The second-order valence-electron chi connectivity index (χ2n) is 6.58. The van der Waals surface area contributed by atoms with Gasteiger partial charge in [0.2, 0.25) is 0 Å². The van der Waals surface area contributed by atoms with Crippen LogP contribution in [0.25, 0.3) is 10.1 Å². The summed E-state index contributed by atoms with van der Waals surface area (Å²) < 4.78 is 19.5. The average molecular weight is 349 g/mol. The van der Waals surface area contributed by atoms with Crippen molar-refractivity contribution in [1.82, 2.24) is 4.90 Å². The van der Waals surface area contributed by atoms with E-state index in [4.69, 9.17) is 4.74 Å². The van der Waals surface area contributed by atoms with Crippen LogP contribution in [0.2, 0.25) is 0 Å². The number of amides is 1. The molecule has 1 aliphatic heterocycles.